The summed E-state index contributed by atoms with van der Waals surface area (Å²) < 4.78 is 37.4. The molecule has 0 bridgehead atoms. The van der Waals surface area contributed by atoms with Crippen LogP contribution in [0.25, 0.3) is 0 Å². The number of unbranched alkanes of at least 4 members (excludes halogenated alkanes) is 3. The average Bonchev–Trinajstić information content (AvgIpc) is 3.37. The second-order valence-corrected chi connectivity index (χ2v) is 10.2. The molecule has 1 aromatic heterocycles. The fraction of sp³-hybridized carbons (Fsp3) is 0.440. The Hall–Kier alpha value is -3.47. The average molecular weight is 518 g/mol. The van der Waals surface area contributed by atoms with Crippen LogP contribution in [0, 0.1) is 0 Å². The van der Waals surface area contributed by atoms with Crippen molar-refractivity contribution in [3.63, 3.8) is 0 Å². The van der Waals surface area contributed by atoms with Crippen molar-refractivity contribution < 1.29 is 32.3 Å². The van der Waals surface area contributed by atoms with Gasteiger partial charge in [0.05, 0.1) is 10.5 Å². The number of nitrogens with one attached hydrogen (secondary N) is 2. The Bertz CT molecular complexity index is 1140. The van der Waals surface area contributed by atoms with E-state index in [4.69, 9.17) is 9.47 Å². The highest BCUT2D eigenvalue weighted by Crippen LogP contribution is 2.21. The lowest BCUT2D eigenvalue weighted by molar-refractivity contribution is 0.0600. The van der Waals surface area contributed by atoms with Gasteiger partial charge in [-0.25, -0.2) is 22.9 Å². The van der Waals surface area contributed by atoms with Crippen molar-refractivity contribution in [1.29, 1.82) is 0 Å². The number of ether oxygens (including phenoxy) is 2. The van der Waals surface area contributed by atoms with E-state index in [9.17, 15) is 22.8 Å². The summed E-state index contributed by atoms with van der Waals surface area (Å²) in [4.78, 5) is 40.2. The van der Waals surface area contributed by atoms with E-state index in [0.717, 1.165) is 57.6 Å². The summed E-state index contributed by atoms with van der Waals surface area (Å²) in [5.74, 6) is -1.27. The Morgan fingerprint density at radius 2 is 1.64 bits per heavy atom. The number of hydrogen-bond donors (Lipinski definition) is 2. The van der Waals surface area contributed by atoms with E-state index in [1.165, 1.54) is 36.4 Å². The maximum Gasteiger partial charge on any atom is 0.515 e. The zero-order valence-corrected chi connectivity index (χ0v) is 21.0. The second kappa shape index (κ2) is 13.0. The Morgan fingerprint density at radius 3 is 2.28 bits per heavy atom. The molecule has 2 N–H and O–H groups in total. The molecule has 1 aliphatic carbocycles. The summed E-state index contributed by atoms with van der Waals surface area (Å²) in [6.45, 7) is 2.66. The molecular formula is C25H31N3O7S. The summed E-state index contributed by atoms with van der Waals surface area (Å²) >= 11 is 0. The minimum absolute atomic E-state index is 0.0471. The second-order valence-electron chi connectivity index (χ2n) is 8.54. The van der Waals surface area contributed by atoms with Crippen LogP contribution in [-0.4, -0.2) is 44.0 Å². The summed E-state index contributed by atoms with van der Waals surface area (Å²) in [6.07, 6.45) is 7.78. The lowest BCUT2D eigenvalue weighted by Gasteiger charge is -2.11. The standard InChI is InChI=1S/C25H31N3O7S/c1-2-3-4-7-16-26-23(29)18-10-13-21(14-11-18)36(32,33)28-24(30)19-12-15-22(27-17-19)35-25(31)34-20-8-5-6-9-20/h10-15,17,20H,2-9,16H2,1H3,(H,26,29)(H,28,30). The van der Waals surface area contributed by atoms with Gasteiger partial charge in [-0.05, 0) is 62.4 Å². The van der Waals surface area contributed by atoms with E-state index < -0.39 is 22.1 Å². The van der Waals surface area contributed by atoms with Gasteiger partial charge in [0.1, 0.15) is 6.10 Å². The van der Waals surface area contributed by atoms with E-state index in [2.05, 4.69) is 17.2 Å². The van der Waals surface area contributed by atoms with Crippen LogP contribution in [0.1, 0.15) is 79.0 Å². The van der Waals surface area contributed by atoms with E-state index in [1.807, 2.05) is 4.72 Å². The zero-order valence-electron chi connectivity index (χ0n) is 20.2. The molecule has 10 nitrogen and oxygen atoms in total. The predicted molar refractivity (Wildman–Crippen MR) is 131 cm³/mol. The molecule has 1 fully saturated rings. The number of carbonyl (C=O) groups is 3. The van der Waals surface area contributed by atoms with E-state index in [-0.39, 0.29) is 28.4 Å². The van der Waals surface area contributed by atoms with Gasteiger partial charge in [0.25, 0.3) is 21.8 Å². The van der Waals surface area contributed by atoms with E-state index in [0.29, 0.717) is 12.1 Å². The number of aromatic nitrogens is 1. The first-order valence-electron chi connectivity index (χ1n) is 12.1. The molecule has 0 aliphatic heterocycles. The molecule has 194 valence electrons. The molecule has 1 heterocycles. The van der Waals surface area contributed by atoms with Gasteiger partial charge in [0.15, 0.2) is 0 Å². The van der Waals surface area contributed by atoms with E-state index >= 15 is 0 Å². The molecule has 36 heavy (non-hydrogen) atoms. The third-order valence-corrected chi connectivity index (χ3v) is 7.07. The summed E-state index contributed by atoms with van der Waals surface area (Å²) in [6, 6.07) is 7.84. The summed E-state index contributed by atoms with van der Waals surface area (Å²) in [7, 11) is -4.18. The van der Waals surface area contributed by atoms with Gasteiger partial charge in [-0.1, -0.05) is 26.2 Å². The first kappa shape index (κ1) is 27.1. The molecule has 2 amide bonds. The summed E-state index contributed by atoms with van der Waals surface area (Å²) in [5, 5.41) is 2.80. The highest BCUT2D eigenvalue weighted by molar-refractivity contribution is 7.90. The van der Waals surface area contributed by atoms with Crippen LogP contribution in [0.2, 0.25) is 0 Å². The molecule has 1 aromatic carbocycles. The Morgan fingerprint density at radius 1 is 0.944 bits per heavy atom. The third kappa shape index (κ3) is 8.04. The Labute approximate surface area is 210 Å². The number of carbonyl (C=O) groups excluding carboxylic acids is 3. The SMILES string of the molecule is CCCCCCNC(=O)c1ccc(S(=O)(=O)NC(=O)c2ccc(OC(=O)OC3CCCC3)nc2)cc1. The van der Waals surface area contributed by atoms with Crippen molar-refractivity contribution in [3.05, 3.63) is 53.7 Å². The predicted octanol–water partition coefficient (Wildman–Crippen LogP) is 3.97. The third-order valence-electron chi connectivity index (χ3n) is 5.72. The number of amides is 2. The van der Waals surface area contributed by atoms with Gasteiger partial charge in [-0.2, -0.15) is 0 Å². The van der Waals surface area contributed by atoms with Crippen molar-refractivity contribution in [2.45, 2.75) is 69.3 Å². The minimum atomic E-state index is -4.18. The van der Waals surface area contributed by atoms with Crippen LogP contribution in [0.5, 0.6) is 5.88 Å². The van der Waals surface area contributed by atoms with E-state index in [1.54, 1.807) is 0 Å². The molecule has 11 heteroatoms. The first-order valence-corrected chi connectivity index (χ1v) is 13.6. The van der Waals surface area contributed by atoms with Crippen LogP contribution < -0.4 is 14.8 Å². The van der Waals surface area contributed by atoms with Gasteiger partial charge < -0.3 is 14.8 Å². The lowest BCUT2D eigenvalue weighted by atomic mass is 10.2. The fourth-order valence-corrected chi connectivity index (χ4v) is 4.68. The normalized spacial score (nSPS) is 13.7. The van der Waals surface area contributed by atoms with Crippen molar-refractivity contribution in [3.8, 4) is 5.88 Å². The summed E-state index contributed by atoms with van der Waals surface area (Å²) in [5.41, 5.74) is 0.274. The zero-order chi connectivity index (χ0) is 26.0. The molecule has 0 spiro atoms. The molecule has 0 unspecified atom stereocenters. The maximum atomic E-state index is 12.6. The Kier molecular flexibility index (Phi) is 9.80. The maximum absolute atomic E-state index is 12.6. The lowest BCUT2D eigenvalue weighted by Crippen LogP contribution is -2.30. The van der Waals surface area contributed by atoms with Gasteiger partial charge >= 0.3 is 6.16 Å². The van der Waals surface area contributed by atoms with Gasteiger partial charge in [-0.3, -0.25) is 9.59 Å². The quantitative estimate of drug-likeness (QED) is 0.337. The van der Waals surface area contributed by atoms with Gasteiger partial charge in [0, 0.05) is 24.4 Å². The molecule has 3 rings (SSSR count). The van der Waals surface area contributed by atoms with Crippen molar-refractivity contribution >= 4 is 28.0 Å². The smallest absolute Gasteiger partial charge is 0.431 e. The molecule has 1 aliphatic rings. The highest BCUT2D eigenvalue weighted by atomic mass is 32.2. The number of nitrogens with zero attached hydrogens (tertiary/aromatic N) is 1. The number of hydrogen-bond acceptors (Lipinski definition) is 8. The molecule has 0 atom stereocenters. The van der Waals surface area contributed by atoms with Crippen LogP contribution in [0.15, 0.2) is 47.5 Å². The number of pyridine rings is 1. The number of rotatable bonds is 11. The van der Waals surface area contributed by atoms with Crippen molar-refractivity contribution in [2.75, 3.05) is 6.54 Å². The topological polar surface area (TPSA) is 141 Å². The number of benzene rings is 1. The van der Waals surface area contributed by atoms with Gasteiger partial charge in [-0.15, -0.1) is 0 Å². The van der Waals surface area contributed by atoms with Crippen LogP contribution in [0.4, 0.5) is 4.79 Å². The van der Waals surface area contributed by atoms with Gasteiger partial charge in [0.2, 0.25) is 5.88 Å². The van der Waals surface area contributed by atoms with Crippen molar-refractivity contribution in [1.82, 2.24) is 15.0 Å². The molecule has 0 saturated heterocycles. The van der Waals surface area contributed by atoms with Crippen LogP contribution in [-0.2, 0) is 14.8 Å². The van der Waals surface area contributed by atoms with Crippen molar-refractivity contribution in [2.24, 2.45) is 0 Å². The Balaban J connectivity index is 1.52. The van der Waals surface area contributed by atoms with Crippen LogP contribution in [0.3, 0.4) is 0 Å². The molecule has 1 saturated carbocycles. The molecular weight excluding hydrogens is 486 g/mol. The highest BCUT2D eigenvalue weighted by Gasteiger charge is 2.22. The molecule has 2 aromatic rings. The first-order chi connectivity index (χ1) is 17.3. The fourth-order valence-electron chi connectivity index (χ4n) is 3.71. The largest absolute Gasteiger partial charge is 0.515 e. The molecule has 0 radical (unpaired) electrons. The number of sulfonamides is 1. The minimum Gasteiger partial charge on any atom is -0.431 e. The monoisotopic (exact) mass is 517 g/mol. The van der Waals surface area contributed by atoms with Crippen LogP contribution >= 0.6 is 0 Å².